The number of hydrogen-bond donors (Lipinski definition) is 0. The van der Waals surface area contributed by atoms with Gasteiger partial charge in [0.1, 0.15) is 0 Å². The third kappa shape index (κ3) is 2.90. The van der Waals surface area contributed by atoms with Crippen molar-refractivity contribution in [3.8, 4) is 0 Å². The van der Waals surface area contributed by atoms with Gasteiger partial charge < -0.3 is 8.92 Å². The molecular formula is C7H14O2S. The van der Waals surface area contributed by atoms with Crippen molar-refractivity contribution in [3.63, 3.8) is 0 Å². The summed E-state index contributed by atoms with van der Waals surface area (Å²) in [6.45, 7) is 1.67. The summed E-state index contributed by atoms with van der Waals surface area (Å²) in [5.74, 6) is 0. The Morgan fingerprint density at radius 1 is 1.60 bits per heavy atom. The largest absolute Gasteiger partial charge is 0.376 e. The fraction of sp³-hybridized carbons (Fsp3) is 1.00. The highest BCUT2D eigenvalue weighted by molar-refractivity contribution is 7.93. The van der Waals surface area contributed by atoms with Crippen LogP contribution in [0.15, 0.2) is 0 Å². The molecule has 0 amide bonds. The van der Waals surface area contributed by atoms with Crippen molar-refractivity contribution in [2.75, 3.05) is 19.5 Å². The third-order valence-electron chi connectivity index (χ3n) is 1.65. The quantitative estimate of drug-likeness (QED) is 0.590. The van der Waals surface area contributed by atoms with Crippen LogP contribution in [-0.4, -0.2) is 25.6 Å². The highest BCUT2D eigenvalue weighted by atomic mass is 32.2. The minimum absolute atomic E-state index is 0.362. The summed E-state index contributed by atoms with van der Waals surface area (Å²) >= 11 is 1.42. The highest BCUT2D eigenvalue weighted by Crippen LogP contribution is 2.13. The molecule has 1 aliphatic rings. The van der Waals surface area contributed by atoms with E-state index in [-0.39, 0.29) is 0 Å². The standard InChI is InChI=1S/C7H14O2S/c1-10-9-6-7-4-2-3-5-8-7/h7H,2-6H2,1H3/t7-/m0/s1. The first-order valence-electron chi connectivity index (χ1n) is 3.70. The minimum atomic E-state index is 0.362. The van der Waals surface area contributed by atoms with Gasteiger partial charge in [-0.15, -0.1) is 0 Å². The van der Waals surface area contributed by atoms with Crippen LogP contribution in [0.1, 0.15) is 19.3 Å². The molecule has 1 saturated heterocycles. The van der Waals surface area contributed by atoms with E-state index >= 15 is 0 Å². The second kappa shape index (κ2) is 4.99. The molecule has 3 heteroatoms. The Morgan fingerprint density at radius 2 is 2.50 bits per heavy atom. The molecule has 0 radical (unpaired) electrons. The van der Waals surface area contributed by atoms with Gasteiger partial charge in [0.05, 0.1) is 12.7 Å². The lowest BCUT2D eigenvalue weighted by Crippen LogP contribution is -2.23. The SMILES string of the molecule is CSOC[C@@H]1CCCCO1. The topological polar surface area (TPSA) is 18.5 Å². The van der Waals surface area contributed by atoms with Gasteiger partial charge in [-0.1, -0.05) is 0 Å². The summed E-state index contributed by atoms with van der Waals surface area (Å²) < 4.78 is 10.6. The van der Waals surface area contributed by atoms with Crippen LogP contribution in [0.4, 0.5) is 0 Å². The smallest absolute Gasteiger partial charge is 0.0876 e. The summed E-state index contributed by atoms with van der Waals surface area (Å²) in [7, 11) is 0. The van der Waals surface area contributed by atoms with Crippen molar-refractivity contribution >= 4 is 12.0 Å². The van der Waals surface area contributed by atoms with Crippen LogP contribution in [0.25, 0.3) is 0 Å². The second-order valence-corrected chi connectivity index (χ2v) is 3.01. The molecule has 0 unspecified atom stereocenters. The van der Waals surface area contributed by atoms with E-state index < -0.39 is 0 Å². The van der Waals surface area contributed by atoms with Crippen molar-refractivity contribution in [3.05, 3.63) is 0 Å². The van der Waals surface area contributed by atoms with Gasteiger partial charge in [-0.2, -0.15) is 0 Å². The zero-order chi connectivity index (χ0) is 7.23. The Bertz CT molecular complexity index is 81.7. The van der Waals surface area contributed by atoms with Crippen molar-refractivity contribution in [2.24, 2.45) is 0 Å². The highest BCUT2D eigenvalue weighted by Gasteiger charge is 2.13. The molecule has 60 valence electrons. The van der Waals surface area contributed by atoms with Crippen LogP contribution < -0.4 is 0 Å². The molecule has 1 fully saturated rings. The summed E-state index contributed by atoms with van der Waals surface area (Å²) in [5, 5.41) is 0. The lowest BCUT2D eigenvalue weighted by atomic mass is 10.1. The first-order valence-corrected chi connectivity index (χ1v) is 4.85. The maximum Gasteiger partial charge on any atom is 0.0876 e. The van der Waals surface area contributed by atoms with Gasteiger partial charge in [0.2, 0.25) is 0 Å². The molecule has 0 saturated carbocycles. The van der Waals surface area contributed by atoms with E-state index in [4.69, 9.17) is 8.92 Å². The average molecular weight is 162 g/mol. The maximum atomic E-state index is 5.44. The molecule has 0 bridgehead atoms. The van der Waals surface area contributed by atoms with Gasteiger partial charge in [-0.3, -0.25) is 0 Å². The predicted octanol–water partition coefficient (Wildman–Crippen LogP) is 1.85. The van der Waals surface area contributed by atoms with Crippen molar-refractivity contribution < 1.29 is 8.92 Å². The Morgan fingerprint density at radius 3 is 3.10 bits per heavy atom. The van der Waals surface area contributed by atoms with Gasteiger partial charge in [0.15, 0.2) is 0 Å². The zero-order valence-corrected chi connectivity index (χ0v) is 7.15. The van der Waals surface area contributed by atoms with Crippen LogP contribution in [0, 0.1) is 0 Å². The predicted molar refractivity (Wildman–Crippen MR) is 43.1 cm³/mol. The number of hydrogen-bond acceptors (Lipinski definition) is 3. The molecule has 0 aromatic carbocycles. The van der Waals surface area contributed by atoms with Crippen LogP contribution in [0.5, 0.6) is 0 Å². The molecule has 0 N–H and O–H groups in total. The van der Waals surface area contributed by atoms with Crippen molar-refractivity contribution in [1.82, 2.24) is 0 Å². The molecule has 1 heterocycles. The third-order valence-corrected chi connectivity index (χ3v) is 2.02. The van der Waals surface area contributed by atoms with E-state index in [1.54, 1.807) is 0 Å². The van der Waals surface area contributed by atoms with Crippen LogP contribution in [0.2, 0.25) is 0 Å². The lowest BCUT2D eigenvalue weighted by Gasteiger charge is -2.21. The van der Waals surface area contributed by atoms with Gasteiger partial charge >= 0.3 is 0 Å². The monoisotopic (exact) mass is 162 g/mol. The van der Waals surface area contributed by atoms with E-state index in [1.807, 2.05) is 6.26 Å². The van der Waals surface area contributed by atoms with Gasteiger partial charge in [0, 0.05) is 12.9 Å². The van der Waals surface area contributed by atoms with E-state index in [2.05, 4.69) is 0 Å². The fourth-order valence-corrected chi connectivity index (χ4v) is 1.37. The average Bonchev–Trinajstić information content (AvgIpc) is 2.03. The Hall–Kier alpha value is 0.270. The van der Waals surface area contributed by atoms with Gasteiger partial charge in [-0.05, 0) is 31.3 Å². The van der Waals surface area contributed by atoms with Crippen LogP contribution in [-0.2, 0) is 8.92 Å². The van der Waals surface area contributed by atoms with E-state index in [0.717, 1.165) is 13.2 Å². The molecule has 1 atom stereocenters. The van der Waals surface area contributed by atoms with Crippen LogP contribution in [0.3, 0.4) is 0 Å². The van der Waals surface area contributed by atoms with E-state index in [1.165, 1.54) is 31.3 Å². The Labute approximate surface area is 66.5 Å². The summed E-state index contributed by atoms with van der Waals surface area (Å²) in [6.07, 6.45) is 5.97. The summed E-state index contributed by atoms with van der Waals surface area (Å²) in [4.78, 5) is 0. The van der Waals surface area contributed by atoms with Gasteiger partial charge in [-0.25, -0.2) is 0 Å². The minimum Gasteiger partial charge on any atom is -0.376 e. The summed E-state index contributed by atoms with van der Waals surface area (Å²) in [5.41, 5.74) is 0. The fourth-order valence-electron chi connectivity index (χ4n) is 1.08. The normalized spacial score (nSPS) is 26.7. The van der Waals surface area contributed by atoms with Crippen molar-refractivity contribution in [1.29, 1.82) is 0 Å². The van der Waals surface area contributed by atoms with E-state index in [9.17, 15) is 0 Å². The van der Waals surface area contributed by atoms with Crippen LogP contribution >= 0.6 is 12.0 Å². The summed E-state index contributed by atoms with van der Waals surface area (Å²) in [6, 6.07) is 0. The zero-order valence-electron chi connectivity index (χ0n) is 6.34. The first kappa shape index (κ1) is 8.37. The molecule has 1 aliphatic heterocycles. The van der Waals surface area contributed by atoms with Gasteiger partial charge in [0.25, 0.3) is 0 Å². The molecule has 0 spiro atoms. The number of rotatable bonds is 3. The molecule has 0 aromatic heterocycles. The maximum absolute atomic E-state index is 5.44. The molecule has 10 heavy (non-hydrogen) atoms. The lowest BCUT2D eigenvalue weighted by molar-refractivity contribution is -0.00693. The number of ether oxygens (including phenoxy) is 1. The Kier molecular flexibility index (Phi) is 4.18. The van der Waals surface area contributed by atoms with Crippen molar-refractivity contribution in [2.45, 2.75) is 25.4 Å². The molecular weight excluding hydrogens is 148 g/mol. The first-order chi connectivity index (χ1) is 4.93. The molecule has 2 nitrogen and oxygen atoms in total. The Balaban J connectivity index is 2.02. The van der Waals surface area contributed by atoms with E-state index in [0.29, 0.717) is 6.10 Å². The molecule has 0 aromatic rings. The molecule has 0 aliphatic carbocycles. The molecule has 1 rings (SSSR count). The second-order valence-electron chi connectivity index (χ2n) is 2.44.